The number of amides is 1. The van der Waals surface area contributed by atoms with Gasteiger partial charge in [0.25, 0.3) is 5.91 Å². The number of morpholine rings is 1. The van der Waals surface area contributed by atoms with E-state index >= 15 is 0 Å². The van der Waals surface area contributed by atoms with Crippen LogP contribution in [0.15, 0.2) is 12.3 Å². The van der Waals surface area contributed by atoms with Crippen LogP contribution in [0.25, 0.3) is 0 Å². The Morgan fingerprint density at radius 3 is 2.86 bits per heavy atom. The van der Waals surface area contributed by atoms with E-state index < -0.39 is 0 Å². The summed E-state index contributed by atoms with van der Waals surface area (Å²) in [5, 5.41) is 2.98. The summed E-state index contributed by atoms with van der Waals surface area (Å²) >= 11 is 0. The van der Waals surface area contributed by atoms with E-state index in [0.717, 1.165) is 52.2 Å². The van der Waals surface area contributed by atoms with Crippen LogP contribution in [0.5, 0.6) is 0 Å². The molecule has 0 unspecified atom stereocenters. The molecule has 1 aliphatic heterocycles. The van der Waals surface area contributed by atoms with Gasteiger partial charge in [0.15, 0.2) is 0 Å². The first-order chi connectivity index (χ1) is 10.2. The Hall–Kier alpha value is -1.53. The first kappa shape index (κ1) is 15.9. The summed E-state index contributed by atoms with van der Waals surface area (Å²) in [4.78, 5) is 14.6. The molecule has 0 bridgehead atoms. The number of aromatic nitrogens is 1. The van der Waals surface area contributed by atoms with Crippen LogP contribution in [0, 0.1) is 0 Å². The molecule has 0 atom stereocenters. The van der Waals surface area contributed by atoms with Gasteiger partial charge in [0.1, 0.15) is 5.69 Å². The van der Waals surface area contributed by atoms with Crippen molar-refractivity contribution in [1.82, 2.24) is 14.8 Å². The number of nitrogens with two attached hydrogens (primary N) is 1. The third-order valence-electron chi connectivity index (χ3n) is 3.66. The lowest BCUT2D eigenvalue weighted by atomic mass is 10.3. The lowest BCUT2D eigenvalue weighted by Gasteiger charge is -2.26. The van der Waals surface area contributed by atoms with Crippen molar-refractivity contribution in [3.63, 3.8) is 0 Å². The van der Waals surface area contributed by atoms with Crippen molar-refractivity contribution in [2.24, 2.45) is 0 Å². The SMILES string of the molecule is CCCn1cc(N)cc1C(=O)NCCCN1CCOCC1. The van der Waals surface area contributed by atoms with Gasteiger partial charge in [0.2, 0.25) is 0 Å². The molecule has 1 saturated heterocycles. The molecule has 2 heterocycles. The van der Waals surface area contributed by atoms with Gasteiger partial charge in [-0.05, 0) is 25.5 Å². The van der Waals surface area contributed by atoms with Crippen molar-refractivity contribution in [1.29, 1.82) is 0 Å². The zero-order valence-electron chi connectivity index (χ0n) is 12.8. The minimum Gasteiger partial charge on any atom is -0.397 e. The van der Waals surface area contributed by atoms with E-state index in [9.17, 15) is 4.79 Å². The van der Waals surface area contributed by atoms with Gasteiger partial charge in [-0.2, -0.15) is 0 Å². The molecule has 1 aromatic heterocycles. The molecule has 21 heavy (non-hydrogen) atoms. The summed E-state index contributed by atoms with van der Waals surface area (Å²) in [7, 11) is 0. The van der Waals surface area contributed by atoms with E-state index in [1.54, 1.807) is 6.07 Å². The fourth-order valence-electron chi connectivity index (χ4n) is 2.57. The average Bonchev–Trinajstić information content (AvgIpc) is 2.86. The molecule has 6 heteroatoms. The van der Waals surface area contributed by atoms with E-state index in [-0.39, 0.29) is 5.91 Å². The smallest absolute Gasteiger partial charge is 0.267 e. The van der Waals surface area contributed by atoms with Crippen molar-refractivity contribution in [3.05, 3.63) is 18.0 Å². The van der Waals surface area contributed by atoms with Gasteiger partial charge in [-0.3, -0.25) is 9.69 Å². The maximum absolute atomic E-state index is 12.2. The molecule has 0 radical (unpaired) electrons. The van der Waals surface area contributed by atoms with E-state index in [0.29, 0.717) is 17.9 Å². The molecular weight excluding hydrogens is 268 g/mol. The number of aryl methyl sites for hydroxylation is 1. The van der Waals surface area contributed by atoms with Crippen LogP contribution in [-0.4, -0.2) is 54.8 Å². The van der Waals surface area contributed by atoms with Gasteiger partial charge in [0, 0.05) is 32.4 Å². The van der Waals surface area contributed by atoms with Gasteiger partial charge in [0.05, 0.1) is 18.9 Å². The molecule has 0 aliphatic carbocycles. The molecule has 1 aromatic rings. The highest BCUT2D eigenvalue weighted by molar-refractivity contribution is 5.93. The molecule has 6 nitrogen and oxygen atoms in total. The average molecular weight is 294 g/mol. The molecule has 1 fully saturated rings. The molecular formula is C15H26N4O2. The Labute approximate surface area is 126 Å². The highest BCUT2D eigenvalue weighted by Crippen LogP contribution is 2.11. The summed E-state index contributed by atoms with van der Waals surface area (Å²) < 4.78 is 7.24. The van der Waals surface area contributed by atoms with Crippen LogP contribution in [0.1, 0.15) is 30.3 Å². The molecule has 3 N–H and O–H groups in total. The molecule has 0 spiro atoms. The molecule has 1 aliphatic rings. The zero-order chi connectivity index (χ0) is 15.1. The number of ether oxygens (including phenoxy) is 1. The largest absolute Gasteiger partial charge is 0.397 e. The maximum atomic E-state index is 12.2. The Kier molecular flexibility index (Phi) is 6.07. The van der Waals surface area contributed by atoms with E-state index in [4.69, 9.17) is 10.5 Å². The van der Waals surface area contributed by atoms with Gasteiger partial charge >= 0.3 is 0 Å². The normalized spacial score (nSPS) is 16.0. The van der Waals surface area contributed by atoms with Gasteiger partial charge in [-0.25, -0.2) is 0 Å². The number of anilines is 1. The predicted molar refractivity (Wildman–Crippen MR) is 83.3 cm³/mol. The van der Waals surface area contributed by atoms with Gasteiger partial charge in [-0.1, -0.05) is 6.92 Å². The number of nitrogens with zero attached hydrogens (tertiary/aromatic N) is 2. The third-order valence-corrected chi connectivity index (χ3v) is 3.66. The van der Waals surface area contributed by atoms with Crippen LogP contribution >= 0.6 is 0 Å². The summed E-state index contributed by atoms with van der Waals surface area (Å²) in [5.41, 5.74) is 7.07. The monoisotopic (exact) mass is 294 g/mol. The number of nitrogens with one attached hydrogen (secondary N) is 1. The Morgan fingerprint density at radius 2 is 2.14 bits per heavy atom. The second-order valence-corrected chi connectivity index (χ2v) is 5.42. The van der Waals surface area contributed by atoms with Crippen molar-refractivity contribution in [2.45, 2.75) is 26.3 Å². The van der Waals surface area contributed by atoms with Crippen LogP contribution in [-0.2, 0) is 11.3 Å². The summed E-state index contributed by atoms with van der Waals surface area (Å²) in [6.45, 7) is 8.20. The van der Waals surface area contributed by atoms with Crippen molar-refractivity contribution >= 4 is 11.6 Å². The molecule has 0 aromatic carbocycles. The maximum Gasteiger partial charge on any atom is 0.267 e. The van der Waals surface area contributed by atoms with E-state index in [2.05, 4.69) is 17.1 Å². The number of nitrogen functional groups attached to an aromatic ring is 1. The van der Waals surface area contributed by atoms with E-state index in [1.807, 2.05) is 10.8 Å². The number of carbonyl (C=O) groups excluding carboxylic acids is 1. The number of hydrogen-bond donors (Lipinski definition) is 2. The first-order valence-electron chi connectivity index (χ1n) is 7.74. The van der Waals surface area contributed by atoms with Gasteiger partial charge < -0.3 is 20.4 Å². The highest BCUT2D eigenvalue weighted by Gasteiger charge is 2.13. The molecule has 0 saturated carbocycles. The Balaban J connectivity index is 1.73. The van der Waals surface area contributed by atoms with Crippen molar-refractivity contribution < 1.29 is 9.53 Å². The van der Waals surface area contributed by atoms with Crippen LogP contribution in [0.4, 0.5) is 5.69 Å². The van der Waals surface area contributed by atoms with Crippen LogP contribution < -0.4 is 11.1 Å². The Morgan fingerprint density at radius 1 is 1.38 bits per heavy atom. The molecule has 2 rings (SSSR count). The summed E-state index contributed by atoms with van der Waals surface area (Å²) in [6.07, 6.45) is 3.76. The fourth-order valence-corrected chi connectivity index (χ4v) is 2.57. The number of hydrogen-bond acceptors (Lipinski definition) is 4. The summed E-state index contributed by atoms with van der Waals surface area (Å²) in [6, 6.07) is 1.74. The highest BCUT2D eigenvalue weighted by atomic mass is 16.5. The lowest BCUT2D eigenvalue weighted by molar-refractivity contribution is 0.0374. The predicted octanol–water partition coefficient (Wildman–Crippen LogP) is 0.932. The fraction of sp³-hybridized carbons (Fsp3) is 0.667. The third kappa shape index (κ3) is 4.75. The minimum atomic E-state index is -0.0397. The number of carbonyl (C=O) groups is 1. The topological polar surface area (TPSA) is 72.5 Å². The van der Waals surface area contributed by atoms with Crippen molar-refractivity contribution in [3.8, 4) is 0 Å². The van der Waals surface area contributed by atoms with Gasteiger partial charge in [-0.15, -0.1) is 0 Å². The van der Waals surface area contributed by atoms with Crippen LogP contribution in [0.3, 0.4) is 0 Å². The first-order valence-corrected chi connectivity index (χ1v) is 7.74. The lowest BCUT2D eigenvalue weighted by Crippen LogP contribution is -2.38. The quantitative estimate of drug-likeness (QED) is 0.734. The Bertz CT molecular complexity index is 453. The summed E-state index contributed by atoms with van der Waals surface area (Å²) in [5.74, 6) is -0.0397. The zero-order valence-corrected chi connectivity index (χ0v) is 12.8. The van der Waals surface area contributed by atoms with Crippen LogP contribution in [0.2, 0.25) is 0 Å². The molecule has 118 valence electrons. The van der Waals surface area contributed by atoms with Crippen molar-refractivity contribution in [2.75, 3.05) is 45.1 Å². The second kappa shape index (κ2) is 8.05. The standard InChI is InChI=1S/C15H26N4O2/c1-2-5-19-12-13(16)11-14(19)15(20)17-4-3-6-18-7-9-21-10-8-18/h11-12H,2-10,16H2,1H3,(H,17,20). The molecule has 1 amide bonds. The number of rotatable bonds is 7. The second-order valence-electron chi connectivity index (χ2n) is 5.42. The minimum absolute atomic E-state index is 0.0397. The van der Waals surface area contributed by atoms with E-state index in [1.165, 1.54) is 0 Å².